The van der Waals surface area contributed by atoms with E-state index in [2.05, 4.69) is 0 Å². The second-order valence-electron chi connectivity index (χ2n) is 5.54. The Labute approximate surface area is 146 Å². The van der Waals surface area contributed by atoms with E-state index in [0.717, 1.165) is 11.1 Å². The molecule has 0 bridgehead atoms. The van der Waals surface area contributed by atoms with Crippen LogP contribution in [0.3, 0.4) is 0 Å². The standard InChI is InChI=1S/C21H17ClO2/c1-15(23)16-9-13-20(14-10-16)24-21(17-5-3-2-4-6-17)18-7-11-19(22)12-8-18/h2-14,21H,1H3. The van der Waals surface area contributed by atoms with Crippen LogP contribution in [0.5, 0.6) is 5.75 Å². The van der Waals surface area contributed by atoms with Crippen LogP contribution < -0.4 is 4.74 Å². The van der Waals surface area contributed by atoms with Gasteiger partial charge in [-0.3, -0.25) is 4.79 Å². The first-order chi connectivity index (χ1) is 11.6. The lowest BCUT2D eigenvalue weighted by Gasteiger charge is -2.20. The molecule has 0 radical (unpaired) electrons. The Morgan fingerprint density at radius 3 is 2.00 bits per heavy atom. The molecule has 0 N–H and O–H groups in total. The summed E-state index contributed by atoms with van der Waals surface area (Å²) in [7, 11) is 0. The van der Waals surface area contributed by atoms with E-state index in [0.29, 0.717) is 16.3 Å². The molecular weight excluding hydrogens is 320 g/mol. The van der Waals surface area contributed by atoms with Crippen LogP contribution in [0.25, 0.3) is 0 Å². The quantitative estimate of drug-likeness (QED) is 0.558. The Balaban J connectivity index is 1.93. The predicted molar refractivity (Wildman–Crippen MR) is 96.8 cm³/mol. The molecule has 0 amide bonds. The van der Waals surface area contributed by atoms with Gasteiger partial charge in [-0.15, -0.1) is 0 Å². The number of Topliss-reactive ketones (excluding diaryl/α,β-unsaturated/α-hetero) is 1. The first kappa shape index (κ1) is 16.3. The number of ether oxygens (including phenoxy) is 1. The third kappa shape index (κ3) is 3.84. The molecule has 1 atom stereocenters. The monoisotopic (exact) mass is 336 g/mol. The van der Waals surface area contributed by atoms with Crippen molar-refractivity contribution in [3.05, 3.63) is 101 Å². The van der Waals surface area contributed by atoms with Gasteiger partial charge < -0.3 is 4.74 Å². The highest BCUT2D eigenvalue weighted by atomic mass is 35.5. The molecule has 0 spiro atoms. The lowest BCUT2D eigenvalue weighted by Crippen LogP contribution is -2.09. The first-order valence-corrected chi connectivity index (χ1v) is 8.09. The minimum Gasteiger partial charge on any atom is -0.481 e. The molecule has 1 unspecified atom stereocenters. The molecule has 0 saturated carbocycles. The normalized spacial score (nSPS) is 11.8. The van der Waals surface area contributed by atoms with Crippen molar-refractivity contribution in [3.63, 3.8) is 0 Å². The number of hydrogen-bond donors (Lipinski definition) is 0. The van der Waals surface area contributed by atoms with Gasteiger partial charge in [-0.25, -0.2) is 0 Å². The highest BCUT2D eigenvalue weighted by Gasteiger charge is 2.16. The summed E-state index contributed by atoms with van der Waals surface area (Å²) in [6.45, 7) is 1.55. The highest BCUT2D eigenvalue weighted by Crippen LogP contribution is 2.29. The molecule has 3 aromatic carbocycles. The zero-order valence-corrected chi connectivity index (χ0v) is 14.0. The largest absolute Gasteiger partial charge is 0.481 e. The van der Waals surface area contributed by atoms with Gasteiger partial charge in [0.2, 0.25) is 0 Å². The van der Waals surface area contributed by atoms with Crippen LogP contribution >= 0.6 is 11.6 Å². The molecule has 0 fully saturated rings. The molecule has 0 saturated heterocycles. The summed E-state index contributed by atoms with van der Waals surface area (Å²) in [6.07, 6.45) is -0.244. The molecule has 0 aromatic heterocycles. The average Bonchev–Trinajstić information content (AvgIpc) is 2.62. The fraction of sp³-hybridized carbons (Fsp3) is 0.0952. The lowest BCUT2D eigenvalue weighted by molar-refractivity contribution is 0.101. The molecule has 3 heteroatoms. The number of hydrogen-bond acceptors (Lipinski definition) is 2. The van der Waals surface area contributed by atoms with Crippen LogP contribution in [0.15, 0.2) is 78.9 Å². The maximum absolute atomic E-state index is 11.4. The van der Waals surface area contributed by atoms with Crippen LogP contribution in [0.2, 0.25) is 5.02 Å². The number of carbonyl (C=O) groups is 1. The number of ketones is 1. The fourth-order valence-corrected chi connectivity index (χ4v) is 2.62. The number of halogens is 1. The molecule has 0 aliphatic rings. The molecule has 3 aromatic rings. The summed E-state index contributed by atoms with van der Waals surface area (Å²) < 4.78 is 6.21. The van der Waals surface area contributed by atoms with Crippen molar-refractivity contribution in [2.24, 2.45) is 0 Å². The van der Waals surface area contributed by atoms with Crippen LogP contribution in [0.1, 0.15) is 34.5 Å². The molecule has 0 heterocycles. The van der Waals surface area contributed by atoms with Crippen LogP contribution in [0.4, 0.5) is 0 Å². The summed E-state index contributed by atoms with van der Waals surface area (Å²) in [5.74, 6) is 0.752. The third-order valence-corrected chi connectivity index (χ3v) is 4.04. The molecule has 24 heavy (non-hydrogen) atoms. The second kappa shape index (κ2) is 7.33. The Morgan fingerprint density at radius 2 is 1.42 bits per heavy atom. The second-order valence-corrected chi connectivity index (χ2v) is 5.98. The first-order valence-electron chi connectivity index (χ1n) is 7.71. The Hall–Kier alpha value is -2.58. The van der Waals surface area contributed by atoms with Crippen molar-refractivity contribution in [2.45, 2.75) is 13.0 Å². The zero-order chi connectivity index (χ0) is 16.9. The van der Waals surface area contributed by atoms with E-state index in [4.69, 9.17) is 16.3 Å². The van der Waals surface area contributed by atoms with Crippen LogP contribution in [-0.2, 0) is 0 Å². The Bertz CT molecular complexity index is 809. The van der Waals surface area contributed by atoms with E-state index in [-0.39, 0.29) is 11.9 Å². The molecule has 3 rings (SSSR count). The average molecular weight is 337 g/mol. The van der Waals surface area contributed by atoms with Crippen molar-refractivity contribution in [1.29, 1.82) is 0 Å². The maximum Gasteiger partial charge on any atom is 0.159 e. The summed E-state index contributed by atoms with van der Waals surface area (Å²) in [4.78, 5) is 11.4. The van der Waals surface area contributed by atoms with E-state index in [1.165, 1.54) is 0 Å². The van der Waals surface area contributed by atoms with E-state index in [1.54, 1.807) is 19.1 Å². The molecule has 120 valence electrons. The SMILES string of the molecule is CC(=O)c1ccc(OC(c2ccccc2)c2ccc(Cl)cc2)cc1. The Morgan fingerprint density at radius 1 is 0.833 bits per heavy atom. The summed E-state index contributed by atoms with van der Waals surface area (Å²) in [5.41, 5.74) is 2.74. The molecule has 2 nitrogen and oxygen atoms in total. The van der Waals surface area contributed by atoms with Crippen molar-refractivity contribution >= 4 is 17.4 Å². The van der Waals surface area contributed by atoms with E-state index >= 15 is 0 Å². The van der Waals surface area contributed by atoms with Gasteiger partial charge in [0.1, 0.15) is 11.9 Å². The van der Waals surface area contributed by atoms with Gasteiger partial charge in [0.05, 0.1) is 0 Å². The Kier molecular flexibility index (Phi) is 4.97. The van der Waals surface area contributed by atoms with Gasteiger partial charge in [-0.2, -0.15) is 0 Å². The minimum absolute atomic E-state index is 0.0406. The smallest absolute Gasteiger partial charge is 0.159 e. The fourth-order valence-electron chi connectivity index (χ4n) is 2.50. The zero-order valence-electron chi connectivity index (χ0n) is 13.3. The van der Waals surface area contributed by atoms with Crippen LogP contribution in [0, 0.1) is 0 Å². The maximum atomic E-state index is 11.4. The topological polar surface area (TPSA) is 26.3 Å². The van der Waals surface area contributed by atoms with E-state index < -0.39 is 0 Å². The summed E-state index contributed by atoms with van der Waals surface area (Å²) in [6, 6.07) is 24.9. The van der Waals surface area contributed by atoms with E-state index in [1.807, 2.05) is 66.7 Å². The highest BCUT2D eigenvalue weighted by molar-refractivity contribution is 6.30. The van der Waals surface area contributed by atoms with Crippen molar-refractivity contribution < 1.29 is 9.53 Å². The van der Waals surface area contributed by atoms with Crippen molar-refractivity contribution in [1.82, 2.24) is 0 Å². The van der Waals surface area contributed by atoms with Gasteiger partial charge in [-0.05, 0) is 54.4 Å². The summed E-state index contributed by atoms with van der Waals surface area (Å²) in [5, 5.41) is 0.691. The van der Waals surface area contributed by atoms with Crippen LogP contribution in [-0.4, -0.2) is 5.78 Å². The van der Waals surface area contributed by atoms with Gasteiger partial charge >= 0.3 is 0 Å². The number of benzene rings is 3. The van der Waals surface area contributed by atoms with Gasteiger partial charge in [0.15, 0.2) is 5.78 Å². The predicted octanol–water partition coefficient (Wildman–Crippen LogP) is 5.71. The number of rotatable bonds is 5. The molecule has 0 aliphatic carbocycles. The summed E-state index contributed by atoms with van der Waals surface area (Å²) >= 11 is 6.00. The molecular formula is C21H17ClO2. The van der Waals surface area contributed by atoms with Crippen molar-refractivity contribution in [3.8, 4) is 5.75 Å². The molecule has 0 aliphatic heterocycles. The van der Waals surface area contributed by atoms with Gasteiger partial charge in [-0.1, -0.05) is 54.1 Å². The third-order valence-electron chi connectivity index (χ3n) is 3.79. The lowest BCUT2D eigenvalue weighted by atomic mass is 10.0. The van der Waals surface area contributed by atoms with Gasteiger partial charge in [0, 0.05) is 10.6 Å². The number of carbonyl (C=O) groups excluding carboxylic acids is 1. The van der Waals surface area contributed by atoms with Gasteiger partial charge in [0.25, 0.3) is 0 Å². The minimum atomic E-state index is -0.244. The van der Waals surface area contributed by atoms with Crippen molar-refractivity contribution in [2.75, 3.05) is 0 Å². The van der Waals surface area contributed by atoms with E-state index in [9.17, 15) is 4.79 Å².